The molecule has 2 fully saturated rings. The molecule has 2 aromatic carbocycles. The number of amides is 2. The highest BCUT2D eigenvalue weighted by Crippen LogP contribution is 2.41. The number of nitrogens with zero attached hydrogens (tertiary/aromatic N) is 2. The summed E-state index contributed by atoms with van der Waals surface area (Å²) in [7, 11) is 1.66. The Hall–Kier alpha value is -2.28. The molecule has 2 saturated heterocycles. The van der Waals surface area contributed by atoms with Gasteiger partial charge in [0.05, 0.1) is 13.2 Å². The van der Waals surface area contributed by atoms with Crippen molar-refractivity contribution in [1.29, 1.82) is 0 Å². The second-order valence-electron chi connectivity index (χ2n) is 10.7. The molecular formula is C29H39Cl2N3O3. The number of likely N-dealkylation sites (tertiary alicyclic amines) is 2. The minimum Gasteiger partial charge on any atom is -0.497 e. The zero-order valence-corrected chi connectivity index (χ0v) is 23.6. The fourth-order valence-electron chi connectivity index (χ4n) is 5.36. The molecule has 0 radical (unpaired) electrons. The van der Waals surface area contributed by atoms with E-state index >= 15 is 0 Å². The molecule has 2 aliphatic rings. The van der Waals surface area contributed by atoms with Gasteiger partial charge in [-0.1, -0.05) is 49.7 Å². The minimum atomic E-state index is -0.0673. The maximum atomic E-state index is 12.9. The first-order valence-corrected chi connectivity index (χ1v) is 13.3. The summed E-state index contributed by atoms with van der Waals surface area (Å²) in [6.07, 6.45) is 3.52. The van der Waals surface area contributed by atoms with Crippen molar-refractivity contribution in [2.45, 2.75) is 52.1 Å². The molecule has 2 aromatic rings. The molecule has 2 amide bonds. The van der Waals surface area contributed by atoms with Gasteiger partial charge in [0.1, 0.15) is 5.75 Å². The monoisotopic (exact) mass is 547 g/mol. The molecule has 4 rings (SSSR count). The lowest BCUT2D eigenvalue weighted by molar-refractivity contribution is -0.128. The van der Waals surface area contributed by atoms with Crippen LogP contribution >= 0.6 is 24.0 Å². The van der Waals surface area contributed by atoms with Crippen LogP contribution in [0.5, 0.6) is 5.75 Å². The zero-order chi connectivity index (χ0) is 25.7. The third-order valence-electron chi connectivity index (χ3n) is 7.68. The van der Waals surface area contributed by atoms with Crippen molar-refractivity contribution < 1.29 is 14.3 Å². The fourth-order valence-corrected chi connectivity index (χ4v) is 5.56. The van der Waals surface area contributed by atoms with Crippen LogP contribution in [-0.4, -0.2) is 54.9 Å². The second kappa shape index (κ2) is 13.0. The van der Waals surface area contributed by atoms with Gasteiger partial charge in [0.2, 0.25) is 11.8 Å². The van der Waals surface area contributed by atoms with Crippen LogP contribution in [-0.2, 0) is 16.1 Å². The minimum absolute atomic E-state index is 0. The van der Waals surface area contributed by atoms with Crippen molar-refractivity contribution in [3.63, 3.8) is 0 Å². The van der Waals surface area contributed by atoms with Crippen molar-refractivity contribution in [3.05, 3.63) is 64.7 Å². The average Bonchev–Trinajstić information content (AvgIpc) is 3.17. The van der Waals surface area contributed by atoms with E-state index in [1.54, 1.807) is 7.11 Å². The molecular weight excluding hydrogens is 509 g/mol. The van der Waals surface area contributed by atoms with Crippen molar-refractivity contribution in [1.82, 2.24) is 15.1 Å². The number of carbonyl (C=O) groups is 2. The van der Waals surface area contributed by atoms with Gasteiger partial charge in [-0.05, 0) is 73.2 Å². The lowest BCUT2D eigenvalue weighted by Crippen LogP contribution is -2.43. The average molecular weight is 549 g/mol. The van der Waals surface area contributed by atoms with E-state index in [1.165, 1.54) is 0 Å². The molecule has 1 atom stereocenters. The standard InChI is InChI=1S/C29H38ClN3O3.ClH/c1-21(2)28(35)31-26(23-5-4-6-24(30)17-23)11-14-32-15-12-29(13-16-32)18-27(34)33(20-29)19-22-7-9-25(36-3)10-8-22;/h4-10,17,21,26H,11-16,18-20H2,1-3H3,(H,31,35);1H/t26-;/m0./s1. The maximum Gasteiger partial charge on any atom is 0.223 e. The predicted octanol–water partition coefficient (Wildman–Crippen LogP) is 5.49. The van der Waals surface area contributed by atoms with Gasteiger partial charge in [-0.25, -0.2) is 0 Å². The Morgan fingerprint density at radius 2 is 1.84 bits per heavy atom. The Morgan fingerprint density at radius 1 is 1.14 bits per heavy atom. The summed E-state index contributed by atoms with van der Waals surface area (Å²) in [5.41, 5.74) is 2.26. The SMILES string of the molecule is COc1ccc(CN2CC3(CCN(CC[C@H](NC(=O)C(C)C)c4cccc(Cl)c4)CC3)CC2=O)cc1.Cl. The van der Waals surface area contributed by atoms with Crippen LogP contribution in [0.3, 0.4) is 0 Å². The van der Waals surface area contributed by atoms with E-state index in [9.17, 15) is 9.59 Å². The number of hydrogen-bond acceptors (Lipinski definition) is 4. The Balaban J connectivity index is 0.00000380. The predicted molar refractivity (Wildman–Crippen MR) is 150 cm³/mol. The number of carbonyl (C=O) groups excluding carboxylic acids is 2. The van der Waals surface area contributed by atoms with Crippen LogP contribution in [0.4, 0.5) is 0 Å². The highest BCUT2D eigenvalue weighted by atomic mass is 35.5. The van der Waals surface area contributed by atoms with Gasteiger partial charge < -0.3 is 19.9 Å². The van der Waals surface area contributed by atoms with Crippen molar-refractivity contribution in [2.24, 2.45) is 11.3 Å². The lowest BCUT2D eigenvalue weighted by atomic mass is 9.77. The first-order chi connectivity index (χ1) is 17.3. The molecule has 0 bridgehead atoms. The van der Waals surface area contributed by atoms with Gasteiger partial charge in [0, 0.05) is 37.0 Å². The summed E-state index contributed by atoms with van der Waals surface area (Å²) >= 11 is 6.23. The molecule has 2 aliphatic heterocycles. The van der Waals surface area contributed by atoms with Crippen molar-refractivity contribution in [2.75, 3.05) is 33.3 Å². The first-order valence-electron chi connectivity index (χ1n) is 13.0. The number of nitrogens with one attached hydrogen (secondary N) is 1. The number of benzene rings is 2. The van der Waals surface area contributed by atoms with E-state index in [4.69, 9.17) is 16.3 Å². The molecule has 0 saturated carbocycles. The molecule has 6 nitrogen and oxygen atoms in total. The Morgan fingerprint density at radius 3 is 2.46 bits per heavy atom. The Bertz CT molecular complexity index is 1050. The summed E-state index contributed by atoms with van der Waals surface area (Å²) in [4.78, 5) is 29.8. The second-order valence-corrected chi connectivity index (χ2v) is 11.1. The molecule has 1 N–H and O–H groups in total. The van der Waals surface area contributed by atoms with E-state index in [0.29, 0.717) is 18.0 Å². The quantitative estimate of drug-likeness (QED) is 0.451. The van der Waals surface area contributed by atoms with Gasteiger partial charge in [0.15, 0.2) is 0 Å². The topological polar surface area (TPSA) is 61.9 Å². The highest BCUT2D eigenvalue weighted by Gasteiger charge is 2.44. The van der Waals surface area contributed by atoms with Gasteiger partial charge in [-0.15, -0.1) is 12.4 Å². The summed E-state index contributed by atoms with van der Waals surface area (Å²) in [6, 6.07) is 15.7. The van der Waals surface area contributed by atoms with Gasteiger partial charge in [-0.2, -0.15) is 0 Å². The van der Waals surface area contributed by atoms with Gasteiger partial charge in [-0.3, -0.25) is 9.59 Å². The van der Waals surface area contributed by atoms with Crippen LogP contribution in [0.2, 0.25) is 5.02 Å². The number of methoxy groups -OCH3 is 1. The highest BCUT2D eigenvalue weighted by molar-refractivity contribution is 6.30. The number of hydrogen-bond donors (Lipinski definition) is 1. The molecule has 0 unspecified atom stereocenters. The van der Waals surface area contributed by atoms with Crippen LogP contribution in [0.15, 0.2) is 48.5 Å². The van der Waals surface area contributed by atoms with E-state index in [-0.39, 0.29) is 41.6 Å². The van der Waals surface area contributed by atoms with Crippen LogP contribution in [0.25, 0.3) is 0 Å². The molecule has 37 heavy (non-hydrogen) atoms. The Labute approximate surface area is 232 Å². The van der Waals surface area contributed by atoms with Crippen LogP contribution < -0.4 is 10.1 Å². The van der Waals surface area contributed by atoms with E-state index < -0.39 is 0 Å². The normalized spacial score (nSPS) is 18.1. The van der Waals surface area contributed by atoms with E-state index in [2.05, 4.69) is 10.2 Å². The summed E-state index contributed by atoms with van der Waals surface area (Å²) in [6.45, 7) is 8.17. The summed E-state index contributed by atoms with van der Waals surface area (Å²) in [5.74, 6) is 1.08. The summed E-state index contributed by atoms with van der Waals surface area (Å²) < 4.78 is 5.24. The molecule has 8 heteroatoms. The zero-order valence-electron chi connectivity index (χ0n) is 22.0. The molecule has 1 spiro atoms. The number of halogens is 2. The van der Waals surface area contributed by atoms with E-state index in [1.807, 2.05) is 67.3 Å². The van der Waals surface area contributed by atoms with Gasteiger partial charge >= 0.3 is 0 Å². The number of piperidine rings is 1. The van der Waals surface area contributed by atoms with Crippen LogP contribution in [0.1, 0.15) is 56.7 Å². The van der Waals surface area contributed by atoms with Crippen molar-refractivity contribution >= 4 is 35.8 Å². The Kier molecular flexibility index (Phi) is 10.3. The molecule has 2 heterocycles. The number of rotatable bonds is 9. The van der Waals surface area contributed by atoms with Crippen molar-refractivity contribution in [3.8, 4) is 5.75 Å². The smallest absolute Gasteiger partial charge is 0.223 e. The molecule has 202 valence electrons. The molecule has 0 aromatic heterocycles. The summed E-state index contributed by atoms with van der Waals surface area (Å²) in [5, 5.41) is 3.89. The third-order valence-corrected chi connectivity index (χ3v) is 7.92. The maximum absolute atomic E-state index is 12.9. The number of ether oxygens (including phenoxy) is 1. The largest absolute Gasteiger partial charge is 0.497 e. The first kappa shape index (κ1) is 29.3. The van der Waals surface area contributed by atoms with E-state index in [0.717, 1.165) is 62.3 Å². The fraction of sp³-hybridized carbons (Fsp3) is 0.517. The van der Waals surface area contributed by atoms with Gasteiger partial charge in [0.25, 0.3) is 0 Å². The lowest BCUT2D eigenvalue weighted by Gasteiger charge is -2.39. The van der Waals surface area contributed by atoms with Crippen LogP contribution in [0, 0.1) is 11.3 Å². The molecule has 0 aliphatic carbocycles. The third kappa shape index (κ3) is 7.62.